The minimum atomic E-state index is -0.130. The maximum atomic E-state index is 11.7. The van der Waals surface area contributed by atoms with E-state index in [9.17, 15) is 4.79 Å². The van der Waals surface area contributed by atoms with E-state index in [-0.39, 0.29) is 19.1 Å². The summed E-state index contributed by atoms with van der Waals surface area (Å²) in [5.74, 6) is -0.130. The van der Waals surface area contributed by atoms with E-state index in [4.69, 9.17) is 10.8 Å². The van der Waals surface area contributed by atoms with Crippen LogP contribution in [0.3, 0.4) is 0 Å². The van der Waals surface area contributed by atoms with Crippen LogP contribution in [0, 0.1) is 0 Å². The van der Waals surface area contributed by atoms with E-state index >= 15 is 0 Å². The Morgan fingerprint density at radius 1 is 1.32 bits per heavy atom. The maximum absolute atomic E-state index is 11.7. The molecule has 1 aromatic carbocycles. The minimum absolute atomic E-state index is 0.0212. The lowest BCUT2D eigenvalue weighted by atomic mass is 10.1. The number of aromatic nitrogens is 2. The summed E-state index contributed by atoms with van der Waals surface area (Å²) in [6, 6.07) is 7.40. The molecule has 0 radical (unpaired) electrons. The highest BCUT2D eigenvalue weighted by molar-refractivity contribution is 5.75. The van der Waals surface area contributed by atoms with E-state index < -0.39 is 0 Å². The monoisotopic (exact) mass is 260 g/mol. The average molecular weight is 260 g/mol. The van der Waals surface area contributed by atoms with E-state index in [1.54, 1.807) is 6.20 Å². The van der Waals surface area contributed by atoms with Crippen molar-refractivity contribution in [3.8, 4) is 0 Å². The first-order chi connectivity index (χ1) is 9.17. The van der Waals surface area contributed by atoms with Crippen molar-refractivity contribution in [2.45, 2.75) is 19.7 Å². The van der Waals surface area contributed by atoms with Gasteiger partial charge in [0, 0.05) is 12.7 Å². The Morgan fingerprint density at radius 2 is 2.00 bits per heavy atom. The van der Waals surface area contributed by atoms with E-state index in [0.717, 1.165) is 11.1 Å². The van der Waals surface area contributed by atoms with Crippen LogP contribution < -0.4 is 11.1 Å². The van der Waals surface area contributed by atoms with Gasteiger partial charge >= 0.3 is 0 Å². The highest BCUT2D eigenvalue weighted by Crippen LogP contribution is 2.04. The van der Waals surface area contributed by atoms with Crippen molar-refractivity contribution in [3.05, 3.63) is 47.8 Å². The van der Waals surface area contributed by atoms with Crippen LogP contribution in [0.1, 0.15) is 11.1 Å². The lowest BCUT2D eigenvalue weighted by Gasteiger charge is -2.06. The molecule has 6 heteroatoms. The van der Waals surface area contributed by atoms with E-state index in [1.165, 1.54) is 10.9 Å². The molecular formula is C13H16N4O2. The van der Waals surface area contributed by atoms with Crippen molar-refractivity contribution in [2.24, 2.45) is 0 Å². The number of nitrogens with zero attached hydrogens (tertiary/aromatic N) is 2. The largest absolute Gasteiger partial charge is 0.396 e. The van der Waals surface area contributed by atoms with Gasteiger partial charge in [0.05, 0.1) is 18.5 Å². The van der Waals surface area contributed by atoms with Crippen molar-refractivity contribution in [3.63, 3.8) is 0 Å². The Balaban J connectivity index is 1.82. The van der Waals surface area contributed by atoms with Crippen LogP contribution in [0.25, 0.3) is 0 Å². The number of aliphatic hydroxyl groups is 1. The van der Waals surface area contributed by atoms with Gasteiger partial charge in [-0.05, 0) is 11.1 Å². The smallest absolute Gasteiger partial charge is 0.241 e. The first-order valence-electron chi connectivity index (χ1n) is 5.90. The van der Waals surface area contributed by atoms with Crippen LogP contribution in [0.2, 0.25) is 0 Å². The van der Waals surface area contributed by atoms with Gasteiger partial charge in [-0.3, -0.25) is 9.48 Å². The number of amides is 1. The molecular weight excluding hydrogens is 244 g/mol. The van der Waals surface area contributed by atoms with Gasteiger partial charge in [-0.2, -0.15) is 5.10 Å². The molecule has 0 aliphatic carbocycles. The summed E-state index contributed by atoms with van der Waals surface area (Å²) in [6.07, 6.45) is 3.11. The second-order valence-corrected chi connectivity index (χ2v) is 4.22. The number of nitrogens with one attached hydrogen (secondary N) is 1. The van der Waals surface area contributed by atoms with Gasteiger partial charge in [-0.15, -0.1) is 0 Å². The molecule has 4 N–H and O–H groups in total. The summed E-state index contributed by atoms with van der Waals surface area (Å²) in [5, 5.41) is 15.7. The molecule has 19 heavy (non-hydrogen) atoms. The van der Waals surface area contributed by atoms with Crippen LogP contribution in [-0.2, 0) is 24.5 Å². The molecule has 0 bridgehead atoms. The summed E-state index contributed by atoms with van der Waals surface area (Å²) >= 11 is 0. The number of rotatable bonds is 5. The van der Waals surface area contributed by atoms with Crippen LogP contribution in [0.5, 0.6) is 0 Å². The number of hydrogen-bond acceptors (Lipinski definition) is 4. The molecule has 0 spiro atoms. The third-order valence-electron chi connectivity index (χ3n) is 2.65. The second kappa shape index (κ2) is 6.01. The fourth-order valence-electron chi connectivity index (χ4n) is 1.63. The quantitative estimate of drug-likeness (QED) is 0.719. The molecule has 6 nitrogen and oxygen atoms in total. The molecule has 1 aromatic heterocycles. The zero-order valence-corrected chi connectivity index (χ0v) is 10.4. The Labute approximate surface area is 110 Å². The van der Waals surface area contributed by atoms with Crippen LogP contribution >= 0.6 is 0 Å². The second-order valence-electron chi connectivity index (χ2n) is 4.22. The summed E-state index contributed by atoms with van der Waals surface area (Å²) in [7, 11) is 0. The lowest BCUT2D eigenvalue weighted by Crippen LogP contribution is -2.27. The number of hydrogen-bond donors (Lipinski definition) is 3. The fourth-order valence-corrected chi connectivity index (χ4v) is 1.63. The number of nitrogens with two attached hydrogens (primary N) is 1. The molecule has 2 aromatic rings. The molecule has 0 saturated carbocycles. The van der Waals surface area contributed by atoms with Gasteiger partial charge in [0.15, 0.2) is 0 Å². The van der Waals surface area contributed by atoms with Crippen molar-refractivity contribution in [1.29, 1.82) is 0 Å². The Morgan fingerprint density at radius 3 is 2.58 bits per heavy atom. The minimum Gasteiger partial charge on any atom is -0.396 e. The van der Waals surface area contributed by atoms with Crippen molar-refractivity contribution in [1.82, 2.24) is 15.1 Å². The summed E-state index contributed by atoms with van der Waals surface area (Å²) in [6.45, 7) is 0.612. The van der Waals surface area contributed by atoms with Gasteiger partial charge < -0.3 is 16.2 Å². The predicted octanol–water partition coefficient (Wildman–Crippen LogP) is 0.274. The third-order valence-corrected chi connectivity index (χ3v) is 2.65. The first-order valence-corrected chi connectivity index (χ1v) is 5.90. The average Bonchev–Trinajstić information content (AvgIpc) is 2.82. The molecule has 2 rings (SSSR count). The van der Waals surface area contributed by atoms with Gasteiger partial charge in [-0.25, -0.2) is 0 Å². The Hall–Kier alpha value is -2.34. The molecule has 0 atom stereocenters. The van der Waals surface area contributed by atoms with Gasteiger partial charge in [0.25, 0.3) is 0 Å². The van der Waals surface area contributed by atoms with E-state index in [2.05, 4.69) is 10.4 Å². The number of carbonyl (C=O) groups excluding carboxylic acids is 1. The standard InChI is InChI=1S/C13H16N4O2/c14-12-6-16-17(7-12)8-13(19)15-5-10-1-3-11(9-18)4-2-10/h1-4,6-7,18H,5,8-9,14H2,(H,15,19). The highest BCUT2D eigenvalue weighted by Gasteiger charge is 2.03. The molecule has 0 aliphatic heterocycles. The molecule has 0 aliphatic rings. The zero-order chi connectivity index (χ0) is 13.7. The first kappa shape index (κ1) is 13.1. The van der Waals surface area contributed by atoms with Crippen molar-refractivity contribution >= 4 is 11.6 Å². The maximum Gasteiger partial charge on any atom is 0.241 e. The predicted molar refractivity (Wildman–Crippen MR) is 70.9 cm³/mol. The SMILES string of the molecule is Nc1cnn(CC(=O)NCc2ccc(CO)cc2)c1. The van der Waals surface area contributed by atoms with Gasteiger partial charge in [0.2, 0.25) is 5.91 Å². The summed E-state index contributed by atoms with van der Waals surface area (Å²) < 4.78 is 1.49. The normalized spacial score (nSPS) is 10.4. The van der Waals surface area contributed by atoms with Crippen molar-refractivity contribution in [2.75, 3.05) is 5.73 Å². The Kier molecular flexibility index (Phi) is 4.15. The number of anilines is 1. The zero-order valence-electron chi connectivity index (χ0n) is 10.4. The molecule has 1 heterocycles. The number of nitrogen functional groups attached to an aromatic ring is 1. The molecule has 100 valence electrons. The third kappa shape index (κ3) is 3.82. The van der Waals surface area contributed by atoms with Crippen molar-refractivity contribution < 1.29 is 9.90 Å². The number of carbonyl (C=O) groups is 1. The van der Waals surface area contributed by atoms with E-state index in [0.29, 0.717) is 12.2 Å². The molecule has 1 amide bonds. The topological polar surface area (TPSA) is 93.2 Å². The lowest BCUT2D eigenvalue weighted by molar-refractivity contribution is -0.122. The molecule has 0 saturated heterocycles. The fraction of sp³-hybridized carbons (Fsp3) is 0.231. The van der Waals surface area contributed by atoms with Crippen LogP contribution in [0.4, 0.5) is 5.69 Å². The molecule has 0 unspecified atom stereocenters. The number of aliphatic hydroxyl groups excluding tert-OH is 1. The van der Waals surface area contributed by atoms with E-state index in [1.807, 2.05) is 24.3 Å². The summed E-state index contributed by atoms with van der Waals surface area (Å²) in [5.41, 5.74) is 7.87. The van der Waals surface area contributed by atoms with Crippen LogP contribution in [0.15, 0.2) is 36.7 Å². The van der Waals surface area contributed by atoms with Gasteiger partial charge in [0.1, 0.15) is 6.54 Å². The Bertz CT molecular complexity index is 548. The number of benzene rings is 1. The van der Waals surface area contributed by atoms with Gasteiger partial charge in [-0.1, -0.05) is 24.3 Å². The molecule has 0 fully saturated rings. The highest BCUT2D eigenvalue weighted by atomic mass is 16.3. The summed E-state index contributed by atoms with van der Waals surface area (Å²) in [4.78, 5) is 11.7. The van der Waals surface area contributed by atoms with Crippen LogP contribution in [-0.4, -0.2) is 20.8 Å².